The smallest absolute Gasteiger partial charge is 0.272 e. The van der Waals surface area contributed by atoms with Gasteiger partial charge in [0.2, 0.25) is 5.78 Å². The first-order valence-electron chi connectivity index (χ1n) is 5.59. The van der Waals surface area contributed by atoms with Crippen LogP contribution in [0.15, 0.2) is 30.3 Å². The van der Waals surface area contributed by atoms with E-state index in [0.717, 1.165) is 5.56 Å². The van der Waals surface area contributed by atoms with Gasteiger partial charge in [-0.05, 0) is 5.56 Å². The van der Waals surface area contributed by atoms with Crippen molar-refractivity contribution in [1.82, 2.24) is 4.90 Å². The Morgan fingerprint density at radius 2 is 2.06 bits per heavy atom. The molecule has 1 aromatic carbocycles. The lowest BCUT2D eigenvalue weighted by Crippen LogP contribution is -2.46. The van der Waals surface area contributed by atoms with E-state index in [1.54, 1.807) is 0 Å². The topological polar surface area (TPSA) is 63.5 Å². The summed E-state index contributed by atoms with van der Waals surface area (Å²) < 4.78 is 0. The summed E-state index contributed by atoms with van der Waals surface area (Å²) >= 11 is 0. The Morgan fingerprint density at radius 1 is 1.35 bits per heavy atom. The normalized spacial score (nSPS) is 21.4. The SMILES string of the molecule is O=C1CN(Cc2ccccc2)CCC1[N+](=O)[O-]. The standard InChI is InChI=1S/C12H14N2O3/c15-12-9-13(7-6-11(12)14(16)17)8-10-4-2-1-3-5-10/h1-5,11H,6-9H2. The van der Waals surface area contributed by atoms with Crippen LogP contribution in [0.25, 0.3) is 0 Å². The third-order valence-electron chi connectivity index (χ3n) is 2.97. The number of carbonyl (C=O) groups excluding carboxylic acids is 1. The Hall–Kier alpha value is -1.75. The molecule has 0 saturated carbocycles. The number of nitrogens with zero attached hydrogens (tertiary/aromatic N) is 2. The van der Waals surface area contributed by atoms with E-state index in [0.29, 0.717) is 19.5 Å². The van der Waals surface area contributed by atoms with E-state index < -0.39 is 11.0 Å². The highest BCUT2D eigenvalue weighted by atomic mass is 16.6. The van der Waals surface area contributed by atoms with Gasteiger partial charge in [-0.2, -0.15) is 0 Å². The van der Waals surface area contributed by atoms with E-state index in [1.807, 2.05) is 35.2 Å². The van der Waals surface area contributed by atoms with Crippen LogP contribution in [0, 0.1) is 10.1 Å². The molecule has 1 heterocycles. The molecule has 1 atom stereocenters. The van der Waals surface area contributed by atoms with Crippen LogP contribution in [0.2, 0.25) is 0 Å². The molecule has 0 amide bonds. The van der Waals surface area contributed by atoms with Gasteiger partial charge in [0.25, 0.3) is 6.04 Å². The Balaban J connectivity index is 1.94. The fourth-order valence-electron chi connectivity index (χ4n) is 2.07. The lowest BCUT2D eigenvalue weighted by atomic mass is 10.0. The monoisotopic (exact) mass is 234 g/mol. The average molecular weight is 234 g/mol. The van der Waals surface area contributed by atoms with Crippen molar-refractivity contribution < 1.29 is 9.72 Å². The second-order valence-electron chi connectivity index (χ2n) is 4.25. The van der Waals surface area contributed by atoms with Crippen molar-refractivity contribution in [2.45, 2.75) is 19.0 Å². The van der Waals surface area contributed by atoms with Crippen LogP contribution < -0.4 is 0 Å². The number of hydrogen-bond donors (Lipinski definition) is 0. The lowest BCUT2D eigenvalue weighted by Gasteiger charge is -2.26. The molecule has 1 unspecified atom stereocenters. The van der Waals surface area contributed by atoms with Crippen LogP contribution in [-0.4, -0.2) is 34.7 Å². The first-order chi connectivity index (χ1) is 8.16. The van der Waals surface area contributed by atoms with E-state index >= 15 is 0 Å². The summed E-state index contributed by atoms with van der Waals surface area (Å²) in [5, 5.41) is 10.6. The molecule has 0 spiro atoms. The number of Topliss-reactive ketones (excluding diaryl/α,β-unsaturated/α-hetero) is 1. The zero-order valence-corrected chi connectivity index (χ0v) is 9.41. The van der Waals surface area contributed by atoms with E-state index in [4.69, 9.17) is 0 Å². The summed E-state index contributed by atoms with van der Waals surface area (Å²) in [5.41, 5.74) is 1.12. The summed E-state index contributed by atoms with van der Waals surface area (Å²) in [6.45, 7) is 1.46. The molecule has 0 bridgehead atoms. The van der Waals surface area contributed by atoms with Crippen molar-refractivity contribution in [2.24, 2.45) is 0 Å². The minimum absolute atomic E-state index is 0.181. The van der Waals surface area contributed by atoms with Gasteiger partial charge in [-0.3, -0.25) is 19.8 Å². The third kappa shape index (κ3) is 2.88. The van der Waals surface area contributed by atoms with E-state index in [1.165, 1.54) is 0 Å². The molecule has 17 heavy (non-hydrogen) atoms. The third-order valence-corrected chi connectivity index (χ3v) is 2.97. The Kier molecular flexibility index (Phi) is 3.49. The van der Waals surface area contributed by atoms with Gasteiger partial charge in [0.1, 0.15) is 0 Å². The molecule has 0 aromatic heterocycles. The number of piperidine rings is 1. The highest BCUT2D eigenvalue weighted by Crippen LogP contribution is 2.13. The van der Waals surface area contributed by atoms with Crippen molar-refractivity contribution in [1.29, 1.82) is 0 Å². The zero-order chi connectivity index (χ0) is 12.3. The number of carbonyl (C=O) groups is 1. The summed E-state index contributed by atoms with van der Waals surface area (Å²) in [7, 11) is 0. The molecule has 0 aliphatic carbocycles. The second-order valence-corrected chi connectivity index (χ2v) is 4.25. The van der Waals surface area contributed by atoms with Crippen LogP contribution >= 0.6 is 0 Å². The maximum Gasteiger partial charge on any atom is 0.272 e. The van der Waals surface area contributed by atoms with E-state index in [2.05, 4.69) is 0 Å². The lowest BCUT2D eigenvalue weighted by molar-refractivity contribution is -0.509. The van der Waals surface area contributed by atoms with Crippen molar-refractivity contribution in [3.8, 4) is 0 Å². The molecule has 1 aliphatic heterocycles. The molecule has 1 fully saturated rings. The first-order valence-corrected chi connectivity index (χ1v) is 5.59. The maximum absolute atomic E-state index is 11.6. The summed E-state index contributed by atoms with van der Waals surface area (Å²) in [4.78, 5) is 23.6. The molecule has 1 saturated heterocycles. The van der Waals surface area contributed by atoms with Gasteiger partial charge in [0.05, 0.1) is 6.54 Å². The molecule has 1 aliphatic rings. The number of likely N-dealkylation sites (tertiary alicyclic amines) is 1. The average Bonchev–Trinajstić information content (AvgIpc) is 2.30. The molecule has 0 N–H and O–H groups in total. The highest BCUT2D eigenvalue weighted by Gasteiger charge is 2.35. The molecular formula is C12H14N2O3. The molecule has 5 nitrogen and oxygen atoms in total. The van der Waals surface area contributed by atoms with Gasteiger partial charge in [-0.15, -0.1) is 0 Å². The summed E-state index contributed by atoms with van der Waals surface area (Å²) in [6.07, 6.45) is 0.318. The van der Waals surface area contributed by atoms with Gasteiger partial charge in [0.15, 0.2) is 0 Å². The number of hydrogen-bond acceptors (Lipinski definition) is 4. The minimum atomic E-state index is -0.998. The van der Waals surface area contributed by atoms with Crippen LogP contribution in [0.3, 0.4) is 0 Å². The van der Waals surface area contributed by atoms with Crippen molar-refractivity contribution in [2.75, 3.05) is 13.1 Å². The molecule has 0 radical (unpaired) electrons. The second kappa shape index (κ2) is 5.05. The van der Waals surface area contributed by atoms with Crippen molar-refractivity contribution >= 4 is 5.78 Å². The largest absolute Gasteiger partial charge is 0.291 e. The van der Waals surface area contributed by atoms with Crippen LogP contribution in [0.4, 0.5) is 0 Å². The Labute approximate surface area is 99.2 Å². The number of ketones is 1. The summed E-state index contributed by atoms with van der Waals surface area (Å²) in [6, 6.07) is 8.81. The van der Waals surface area contributed by atoms with Gasteiger partial charge in [-0.25, -0.2) is 0 Å². The Bertz CT molecular complexity index is 419. The minimum Gasteiger partial charge on any atom is -0.291 e. The molecule has 90 valence electrons. The molecule has 2 rings (SSSR count). The first kappa shape index (κ1) is 11.7. The molecular weight excluding hydrogens is 220 g/mol. The fourth-order valence-corrected chi connectivity index (χ4v) is 2.07. The van der Waals surface area contributed by atoms with Crippen LogP contribution in [0.5, 0.6) is 0 Å². The van der Waals surface area contributed by atoms with Crippen molar-refractivity contribution in [3.63, 3.8) is 0 Å². The molecule has 5 heteroatoms. The van der Waals surface area contributed by atoms with Crippen molar-refractivity contribution in [3.05, 3.63) is 46.0 Å². The Morgan fingerprint density at radius 3 is 2.65 bits per heavy atom. The van der Waals surface area contributed by atoms with Gasteiger partial charge in [-0.1, -0.05) is 30.3 Å². The quantitative estimate of drug-likeness (QED) is 0.580. The maximum atomic E-state index is 11.6. The predicted molar refractivity (Wildman–Crippen MR) is 62.1 cm³/mol. The van der Waals surface area contributed by atoms with E-state index in [9.17, 15) is 14.9 Å². The van der Waals surface area contributed by atoms with Crippen LogP contribution in [-0.2, 0) is 11.3 Å². The van der Waals surface area contributed by atoms with Gasteiger partial charge >= 0.3 is 0 Å². The number of benzene rings is 1. The summed E-state index contributed by atoms with van der Waals surface area (Å²) in [5.74, 6) is -0.280. The van der Waals surface area contributed by atoms with Crippen LogP contribution in [0.1, 0.15) is 12.0 Å². The van der Waals surface area contributed by atoms with E-state index in [-0.39, 0.29) is 12.3 Å². The zero-order valence-electron chi connectivity index (χ0n) is 9.41. The number of rotatable bonds is 3. The fraction of sp³-hybridized carbons (Fsp3) is 0.417. The molecule has 1 aromatic rings. The highest BCUT2D eigenvalue weighted by molar-refractivity contribution is 5.85. The number of nitro groups is 1. The predicted octanol–water partition coefficient (Wildman–Crippen LogP) is 1.11. The van der Waals surface area contributed by atoms with Gasteiger partial charge < -0.3 is 0 Å². The van der Waals surface area contributed by atoms with Gasteiger partial charge in [0, 0.05) is 24.4 Å².